The molecule has 1 nitrogen and oxygen atoms in total. The zero-order chi connectivity index (χ0) is 10.4. The van der Waals surface area contributed by atoms with Crippen molar-refractivity contribution < 1.29 is 4.39 Å². The average molecular weight is 214 g/mol. The Morgan fingerprint density at radius 2 is 2.21 bits per heavy atom. The molecule has 0 unspecified atom stereocenters. The van der Waals surface area contributed by atoms with Gasteiger partial charge in [-0.3, -0.25) is 0 Å². The number of benzene rings is 1. The van der Waals surface area contributed by atoms with E-state index in [9.17, 15) is 4.39 Å². The van der Waals surface area contributed by atoms with Gasteiger partial charge in [-0.2, -0.15) is 0 Å². The molecule has 0 saturated carbocycles. The highest BCUT2D eigenvalue weighted by atomic mass is 35.5. The normalized spacial score (nSPS) is 11.1. The first kappa shape index (κ1) is 11.2. The molecule has 14 heavy (non-hydrogen) atoms. The topological polar surface area (TPSA) is 26.0 Å². The third-order valence-electron chi connectivity index (χ3n) is 1.86. The molecule has 0 amide bonds. The van der Waals surface area contributed by atoms with Gasteiger partial charge in [0.2, 0.25) is 0 Å². The van der Waals surface area contributed by atoms with Crippen LogP contribution in [0.4, 0.5) is 4.39 Å². The molecule has 0 atom stereocenters. The maximum atomic E-state index is 13.2. The highest BCUT2D eigenvalue weighted by Gasteiger charge is 1.99. The number of hydrogen-bond donors (Lipinski definition) is 1. The lowest BCUT2D eigenvalue weighted by molar-refractivity contribution is 0.616. The number of halogens is 2. The first-order valence-corrected chi connectivity index (χ1v) is 5.02. The van der Waals surface area contributed by atoms with Crippen LogP contribution in [0.25, 0.3) is 6.08 Å². The van der Waals surface area contributed by atoms with E-state index in [-0.39, 0.29) is 11.7 Å². The van der Waals surface area contributed by atoms with Gasteiger partial charge in [0.15, 0.2) is 0 Å². The Morgan fingerprint density at radius 1 is 1.43 bits per heavy atom. The minimum atomic E-state index is -0.255. The van der Waals surface area contributed by atoms with Crippen molar-refractivity contribution in [1.82, 2.24) is 0 Å². The summed E-state index contributed by atoms with van der Waals surface area (Å²) in [4.78, 5) is 0. The Labute approximate surface area is 88.4 Å². The smallest absolute Gasteiger partial charge is 0.128 e. The van der Waals surface area contributed by atoms with Crippen LogP contribution in [0.5, 0.6) is 0 Å². The van der Waals surface area contributed by atoms with Gasteiger partial charge in [0, 0.05) is 5.56 Å². The molecule has 3 heteroatoms. The minimum Gasteiger partial charge on any atom is -0.330 e. The van der Waals surface area contributed by atoms with Crippen LogP contribution in [0.3, 0.4) is 0 Å². The molecule has 0 aromatic heterocycles. The van der Waals surface area contributed by atoms with E-state index in [0.29, 0.717) is 12.1 Å². The quantitative estimate of drug-likeness (QED) is 0.765. The van der Waals surface area contributed by atoms with Crippen molar-refractivity contribution in [2.24, 2.45) is 5.73 Å². The molecule has 0 spiro atoms. The molecule has 0 aliphatic heterocycles. The summed E-state index contributed by atoms with van der Waals surface area (Å²) in [6, 6.07) is 5.02. The molecular formula is C11H13ClFN. The fraction of sp³-hybridized carbons (Fsp3) is 0.273. The summed E-state index contributed by atoms with van der Waals surface area (Å²) >= 11 is 5.54. The van der Waals surface area contributed by atoms with Crippen LogP contribution in [0.2, 0.25) is 0 Å². The maximum absolute atomic E-state index is 13.2. The van der Waals surface area contributed by atoms with Crippen molar-refractivity contribution in [2.45, 2.75) is 12.3 Å². The van der Waals surface area contributed by atoms with Crippen LogP contribution >= 0.6 is 11.6 Å². The third kappa shape index (κ3) is 3.13. The largest absolute Gasteiger partial charge is 0.330 e. The molecule has 0 heterocycles. The van der Waals surface area contributed by atoms with E-state index in [2.05, 4.69) is 0 Å². The van der Waals surface area contributed by atoms with Crippen LogP contribution < -0.4 is 5.73 Å². The van der Waals surface area contributed by atoms with Crippen molar-refractivity contribution in [2.75, 3.05) is 6.54 Å². The molecule has 0 bridgehead atoms. The van der Waals surface area contributed by atoms with Crippen molar-refractivity contribution >= 4 is 17.7 Å². The molecule has 0 saturated heterocycles. The zero-order valence-corrected chi connectivity index (χ0v) is 8.60. The summed E-state index contributed by atoms with van der Waals surface area (Å²) in [5, 5.41) is 0. The fourth-order valence-electron chi connectivity index (χ4n) is 1.09. The second-order valence-electron chi connectivity index (χ2n) is 2.96. The van der Waals surface area contributed by atoms with Gasteiger partial charge in [-0.15, -0.1) is 11.6 Å². The van der Waals surface area contributed by atoms with E-state index in [0.717, 1.165) is 12.0 Å². The van der Waals surface area contributed by atoms with Gasteiger partial charge in [0.05, 0.1) is 5.88 Å². The number of alkyl halides is 1. The van der Waals surface area contributed by atoms with Crippen LogP contribution in [0.1, 0.15) is 17.5 Å². The van der Waals surface area contributed by atoms with Crippen LogP contribution in [0, 0.1) is 5.82 Å². The Bertz CT molecular complexity index is 323. The Balaban J connectivity index is 2.76. The van der Waals surface area contributed by atoms with Gasteiger partial charge in [-0.05, 0) is 24.6 Å². The summed E-state index contributed by atoms with van der Waals surface area (Å²) < 4.78 is 13.2. The Kier molecular flexibility index (Phi) is 4.63. The molecule has 0 radical (unpaired) electrons. The second kappa shape index (κ2) is 5.78. The SMILES string of the molecule is NCCC=Cc1ccc(CCl)c(F)c1. The Morgan fingerprint density at radius 3 is 2.79 bits per heavy atom. The average Bonchev–Trinajstić information content (AvgIpc) is 2.18. The molecule has 1 aromatic rings. The second-order valence-corrected chi connectivity index (χ2v) is 3.23. The predicted octanol–water partition coefficient (Wildman–Crippen LogP) is 2.93. The molecule has 1 aromatic carbocycles. The lowest BCUT2D eigenvalue weighted by Crippen LogP contribution is -1.95. The first-order valence-electron chi connectivity index (χ1n) is 4.49. The molecule has 1 rings (SSSR count). The molecular weight excluding hydrogens is 201 g/mol. The molecule has 0 aliphatic carbocycles. The molecule has 2 N–H and O–H groups in total. The van der Waals surface area contributed by atoms with Crippen molar-refractivity contribution in [3.8, 4) is 0 Å². The summed E-state index contributed by atoms with van der Waals surface area (Å²) in [5.74, 6) is -0.0478. The zero-order valence-electron chi connectivity index (χ0n) is 7.84. The summed E-state index contributed by atoms with van der Waals surface area (Å²) in [6.45, 7) is 0.610. The van der Waals surface area contributed by atoms with Crippen LogP contribution in [0.15, 0.2) is 24.3 Å². The van der Waals surface area contributed by atoms with E-state index in [1.165, 1.54) is 6.07 Å². The number of nitrogens with two attached hydrogens (primary N) is 1. The van der Waals surface area contributed by atoms with Gasteiger partial charge in [-0.25, -0.2) is 4.39 Å². The van der Waals surface area contributed by atoms with E-state index >= 15 is 0 Å². The summed E-state index contributed by atoms with van der Waals surface area (Å²) in [7, 11) is 0. The maximum Gasteiger partial charge on any atom is 0.128 e. The fourth-order valence-corrected chi connectivity index (χ4v) is 1.31. The standard InChI is InChI=1S/C11H13ClFN/c12-8-10-5-4-9(7-11(10)13)3-1-2-6-14/h1,3-5,7H,2,6,8,14H2. The summed E-state index contributed by atoms with van der Waals surface area (Å²) in [6.07, 6.45) is 4.59. The van der Waals surface area contributed by atoms with Gasteiger partial charge in [-0.1, -0.05) is 24.3 Å². The van der Waals surface area contributed by atoms with Gasteiger partial charge in [0.1, 0.15) is 5.82 Å². The van der Waals surface area contributed by atoms with Crippen molar-refractivity contribution in [1.29, 1.82) is 0 Å². The van der Waals surface area contributed by atoms with E-state index in [1.54, 1.807) is 6.07 Å². The lowest BCUT2D eigenvalue weighted by atomic mass is 10.1. The highest BCUT2D eigenvalue weighted by molar-refractivity contribution is 6.17. The first-order chi connectivity index (χ1) is 6.77. The van der Waals surface area contributed by atoms with Crippen molar-refractivity contribution in [3.63, 3.8) is 0 Å². The summed E-state index contributed by atoms with van der Waals surface area (Å²) in [5.41, 5.74) is 6.69. The van der Waals surface area contributed by atoms with Gasteiger partial charge < -0.3 is 5.73 Å². The third-order valence-corrected chi connectivity index (χ3v) is 2.15. The predicted molar refractivity (Wildman–Crippen MR) is 58.7 cm³/mol. The van der Waals surface area contributed by atoms with E-state index < -0.39 is 0 Å². The lowest BCUT2D eigenvalue weighted by Gasteiger charge is -1.99. The number of hydrogen-bond acceptors (Lipinski definition) is 1. The highest BCUT2D eigenvalue weighted by Crippen LogP contribution is 2.13. The van der Waals surface area contributed by atoms with E-state index in [4.69, 9.17) is 17.3 Å². The Hall–Kier alpha value is -0.860. The van der Waals surface area contributed by atoms with E-state index in [1.807, 2.05) is 18.2 Å². The van der Waals surface area contributed by atoms with Crippen LogP contribution in [-0.2, 0) is 5.88 Å². The molecule has 76 valence electrons. The molecule has 0 aliphatic rings. The van der Waals surface area contributed by atoms with Gasteiger partial charge >= 0.3 is 0 Å². The van der Waals surface area contributed by atoms with Gasteiger partial charge in [0.25, 0.3) is 0 Å². The molecule has 0 fully saturated rings. The monoisotopic (exact) mass is 213 g/mol. The minimum absolute atomic E-state index is 0.207. The van der Waals surface area contributed by atoms with Crippen LogP contribution in [-0.4, -0.2) is 6.54 Å². The van der Waals surface area contributed by atoms with Crippen molar-refractivity contribution in [3.05, 3.63) is 41.2 Å². The number of rotatable bonds is 4.